The van der Waals surface area contributed by atoms with Crippen LogP contribution >= 0.6 is 0 Å². The van der Waals surface area contributed by atoms with Crippen LogP contribution in [0.1, 0.15) is 46.5 Å². The molecule has 1 aliphatic rings. The van der Waals surface area contributed by atoms with Gasteiger partial charge in [-0.2, -0.15) is 0 Å². The van der Waals surface area contributed by atoms with Crippen LogP contribution in [0.3, 0.4) is 0 Å². The lowest BCUT2D eigenvalue weighted by Gasteiger charge is -2.38. The smallest absolute Gasteiger partial charge is 0.234 e. The number of hydrogen-bond acceptors (Lipinski definition) is 3. The van der Waals surface area contributed by atoms with Crippen LogP contribution in [0, 0.1) is 5.92 Å². The Labute approximate surface area is 104 Å². The molecule has 1 saturated carbocycles. The molecule has 4 heteroatoms. The average molecular weight is 242 g/mol. The molecule has 1 rings (SSSR count). The number of aliphatic hydroxyl groups excluding tert-OH is 1. The van der Waals surface area contributed by atoms with Gasteiger partial charge in [0.1, 0.15) is 0 Å². The molecule has 3 N–H and O–H groups in total. The molecule has 0 unspecified atom stereocenters. The molecule has 0 heterocycles. The minimum Gasteiger partial charge on any atom is -0.394 e. The zero-order valence-electron chi connectivity index (χ0n) is 11.3. The van der Waals surface area contributed by atoms with Crippen LogP contribution in [-0.2, 0) is 4.79 Å². The molecule has 1 amide bonds. The average Bonchev–Trinajstić information content (AvgIpc) is 2.30. The van der Waals surface area contributed by atoms with Crippen molar-refractivity contribution in [2.45, 2.75) is 58.0 Å². The van der Waals surface area contributed by atoms with E-state index in [2.05, 4.69) is 17.6 Å². The fraction of sp³-hybridized carbons (Fsp3) is 0.923. The van der Waals surface area contributed by atoms with E-state index in [-0.39, 0.29) is 18.1 Å². The van der Waals surface area contributed by atoms with E-state index in [1.54, 1.807) is 0 Å². The van der Waals surface area contributed by atoms with Crippen molar-refractivity contribution in [3.63, 3.8) is 0 Å². The molecule has 0 aliphatic heterocycles. The molecule has 0 aromatic heterocycles. The van der Waals surface area contributed by atoms with E-state index in [9.17, 15) is 9.90 Å². The highest BCUT2D eigenvalue weighted by atomic mass is 16.3. The van der Waals surface area contributed by atoms with Crippen LogP contribution in [0.2, 0.25) is 0 Å². The largest absolute Gasteiger partial charge is 0.394 e. The fourth-order valence-electron chi connectivity index (χ4n) is 2.27. The third-order valence-electron chi connectivity index (χ3n) is 3.61. The van der Waals surface area contributed by atoms with E-state index < -0.39 is 0 Å². The molecule has 1 fully saturated rings. The summed E-state index contributed by atoms with van der Waals surface area (Å²) in [5.41, 5.74) is -0.373. The van der Waals surface area contributed by atoms with Gasteiger partial charge in [-0.05, 0) is 31.6 Å². The van der Waals surface area contributed by atoms with Crippen molar-refractivity contribution in [3.8, 4) is 0 Å². The minimum atomic E-state index is -0.373. The molecule has 0 radical (unpaired) electrons. The lowest BCUT2D eigenvalue weighted by atomic mass is 9.77. The van der Waals surface area contributed by atoms with Gasteiger partial charge in [-0.3, -0.25) is 4.79 Å². The van der Waals surface area contributed by atoms with Gasteiger partial charge in [-0.1, -0.05) is 20.8 Å². The second-order valence-electron chi connectivity index (χ2n) is 5.70. The van der Waals surface area contributed by atoms with Crippen LogP contribution in [0.4, 0.5) is 0 Å². The molecule has 4 nitrogen and oxygen atoms in total. The predicted octanol–water partition coefficient (Wildman–Crippen LogP) is 1.04. The molecule has 0 spiro atoms. The molecule has 100 valence electrons. The summed E-state index contributed by atoms with van der Waals surface area (Å²) in [6, 6.07) is 0.303. The number of amides is 1. The number of aliphatic hydroxyl groups is 1. The molecule has 17 heavy (non-hydrogen) atoms. The zero-order valence-corrected chi connectivity index (χ0v) is 11.3. The van der Waals surface area contributed by atoms with E-state index in [0.29, 0.717) is 18.5 Å². The summed E-state index contributed by atoms with van der Waals surface area (Å²) >= 11 is 0. The quantitative estimate of drug-likeness (QED) is 0.675. The molecule has 0 saturated heterocycles. The van der Waals surface area contributed by atoms with Crippen molar-refractivity contribution in [2.75, 3.05) is 13.2 Å². The SMILES string of the molecule is CC1CCC(CO)(NC(=O)CNC(C)C)CC1. The van der Waals surface area contributed by atoms with Gasteiger partial charge in [-0.15, -0.1) is 0 Å². The molecule has 1 aliphatic carbocycles. The van der Waals surface area contributed by atoms with Crippen molar-refractivity contribution in [2.24, 2.45) is 5.92 Å². The van der Waals surface area contributed by atoms with Gasteiger partial charge < -0.3 is 15.7 Å². The second kappa shape index (κ2) is 6.36. The van der Waals surface area contributed by atoms with Gasteiger partial charge in [0, 0.05) is 6.04 Å². The van der Waals surface area contributed by atoms with Gasteiger partial charge in [0.05, 0.1) is 18.7 Å². The van der Waals surface area contributed by atoms with E-state index >= 15 is 0 Å². The van der Waals surface area contributed by atoms with Gasteiger partial charge in [0.15, 0.2) is 0 Å². The lowest BCUT2D eigenvalue weighted by Crippen LogP contribution is -2.55. The van der Waals surface area contributed by atoms with Crippen LogP contribution in [0.15, 0.2) is 0 Å². The first kappa shape index (κ1) is 14.5. The third-order valence-corrected chi connectivity index (χ3v) is 3.61. The maximum absolute atomic E-state index is 11.8. The van der Waals surface area contributed by atoms with E-state index in [1.807, 2.05) is 13.8 Å². The Bertz CT molecular complexity index is 246. The number of nitrogens with one attached hydrogen (secondary N) is 2. The third kappa shape index (κ3) is 4.64. The maximum atomic E-state index is 11.8. The first-order valence-electron chi connectivity index (χ1n) is 6.63. The van der Waals surface area contributed by atoms with Crippen LogP contribution in [-0.4, -0.2) is 35.7 Å². The first-order chi connectivity index (χ1) is 7.97. The Morgan fingerprint density at radius 3 is 2.47 bits per heavy atom. The number of carbonyl (C=O) groups is 1. The first-order valence-corrected chi connectivity index (χ1v) is 6.63. The topological polar surface area (TPSA) is 61.4 Å². The second-order valence-corrected chi connectivity index (χ2v) is 5.70. The van der Waals surface area contributed by atoms with Crippen molar-refractivity contribution in [1.29, 1.82) is 0 Å². The molecule has 0 bridgehead atoms. The van der Waals surface area contributed by atoms with Crippen LogP contribution < -0.4 is 10.6 Å². The van der Waals surface area contributed by atoms with Crippen molar-refractivity contribution < 1.29 is 9.90 Å². The molecule has 0 atom stereocenters. The maximum Gasteiger partial charge on any atom is 0.234 e. The fourth-order valence-corrected chi connectivity index (χ4v) is 2.27. The van der Waals surface area contributed by atoms with Gasteiger partial charge in [0.2, 0.25) is 5.91 Å². The summed E-state index contributed by atoms with van der Waals surface area (Å²) in [6.07, 6.45) is 3.94. The normalized spacial score (nSPS) is 29.4. The lowest BCUT2D eigenvalue weighted by molar-refractivity contribution is -0.123. The van der Waals surface area contributed by atoms with Gasteiger partial charge >= 0.3 is 0 Å². The minimum absolute atomic E-state index is 0.0118. The van der Waals surface area contributed by atoms with Gasteiger partial charge in [0.25, 0.3) is 0 Å². The Hall–Kier alpha value is -0.610. The summed E-state index contributed by atoms with van der Waals surface area (Å²) in [5, 5.41) is 15.6. The predicted molar refractivity (Wildman–Crippen MR) is 68.7 cm³/mol. The highest BCUT2D eigenvalue weighted by Crippen LogP contribution is 2.31. The summed E-state index contributed by atoms with van der Waals surface area (Å²) in [4.78, 5) is 11.8. The van der Waals surface area contributed by atoms with Crippen molar-refractivity contribution in [1.82, 2.24) is 10.6 Å². The highest BCUT2D eigenvalue weighted by Gasteiger charge is 2.34. The van der Waals surface area contributed by atoms with Crippen LogP contribution in [0.25, 0.3) is 0 Å². The zero-order chi connectivity index (χ0) is 12.9. The van der Waals surface area contributed by atoms with Gasteiger partial charge in [-0.25, -0.2) is 0 Å². The Balaban J connectivity index is 2.43. The molecule has 0 aromatic rings. The monoisotopic (exact) mass is 242 g/mol. The van der Waals surface area contributed by atoms with Crippen molar-refractivity contribution >= 4 is 5.91 Å². The summed E-state index contributed by atoms with van der Waals surface area (Å²) < 4.78 is 0. The van der Waals surface area contributed by atoms with E-state index in [1.165, 1.54) is 0 Å². The van der Waals surface area contributed by atoms with Crippen molar-refractivity contribution in [3.05, 3.63) is 0 Å². The highest BCUT2D eigenvalue weighted by molar-refractivity contribution is 5.78. The van der Waals surface area contributed by atoms with E-state index in [0.717, 1.165) is 25.7 Å². The summed E-state index contributed by atoms with van der Waals surface area (Å²) in [6.45, 7) is 6.63. The number of carbonyl (C=O) groups excluding carboxylic acids is 1. The summed E-state index contributed by atoms with van der Waals surface area (Å²) in [5.74, 6) is 0.697. The molecular weight excluding hydrogens is 216 g/mol. The van der Waals surface area contributed by atoms with E-state index in [4.69, 9.17) is 0 Å². The molecular formula is C13H26N2O2. The Morgan fingerprint density at radius 2 is 2.00 bits per heavy atom. The standard InChI is InChI=1S/C13H26N2O2/c1-10(2)14-8-12(17)15-13(9-16)6-4-11(3)5-7-13/h10-11,14,16H,4-9H2,1-3H3,(H,15,17). The number of hydrogen-bond donors (Lipinski definition) is 3. The van der Waals surface area contributed by atoms with Crippen LogP contribution in [0.5, 0.6) is 0 Å². The number of rotatable bonds is 5. The molecule has 0 aromatic carbocycles. The Kier molecular flexibility index (Phi) is 5.40. The Morgan fingerprint density at radius 1 is 1.41 bits per heavy atom. The summed E-state index contributed by atoms with van der Waals surface area (Å²) in [7, 11) is 0.